The number of fused-ring (bicyclic) bond motifs is 1. The highest BCUT2D eigenvalue weighted by Gasteiger charge is 2.36. The smallest absolute Gasteiger partial charge is 0.417 e. The van der Waals surface area contributed by atoms with Crippen LogP contribution in [0.1, 0.15) is 35.7 Å². The van der Waals surface area contributed by atoms with Gasteiger partial charge in [-0.15, -0.1) is 11.3 Å². The summed E-state index contributed by atoms with van der Waals surface area (Å²) in [4.78, 5) is 32.4. The van der Waals surface area contributed by atoms with Crippen LogP contribution in [0.25, 0.3) is 10.2 Å². The van der Waals surface area contributed by atoms with E-state index >= 15 is 0 Å². The van der Waals surface area contributed by atoms with Gasteiger partial charge in [-0.25, -0.2) is 9.78 Å². The third-order valence-electron chi connectivity index (χ3n) is 5.92. The molecule has 1 atom stereocenters. The van der Waals surface area contributed by atoms with Gasteiger partial charge in [-0.2, -0.15) is 13.2 Å². The molecule has 2 aromatic heterocycles. The molecule has 0 aromatic carbocycles. The van der Waals surface area contributed by atoms with Crippen LogP contribution in [-0.2, 0) is 15.7 Å². The van der Waals surface area contributed by atoms with Crippen molar-refractivity contribution in [3.8, 4) is 0 Å². The second-order valence-corrected chi connectivity index (χ2v) is 9.00. The molecule has 2 aliphatic heterocycles. The largest absolute Gasteiger partial charge is 0.446 e. The molecular formula is C21H25F3N4O4S. The van der Waals surface area contributed by atoms with Crippen LogP contribution in [0.3, 0.4) is 0 Å². The van der Waals surface area contributed by atoms with E-state index in [1.165, 1.54) is 12.4 Å². The number of thiophene rings is 1. The molecular weight excluding hydrogens is 461 g/mol. The molecule has 2 aliphatic rings. The number of nitrogens with zero attached hydrogens (tertiary/aromatic N) is 3. The third-order valence-corrected chi connectivity index (χ3v) is 6.92. The Bertz CT molecular complexity index is 1040. The summed E-state index contributed by atoms with van der Waals surface area (Å²) in [5, 5.41) is 3.84. The van der Waals surface area contributed by atoms with Crippen LogP contribution in [0, 0.1) is 0 Å². The number of carbonyl (C=O) groups is 2. The van der Waals surface area contributed by atoms with Crippen LogP contribution < -0.4 is 10.2 Å². The second-order valence-electron chi connectivity index (χ2n) is 8.12. The zero-order valence-electron chi connectivity index (χ0n) is 18.3. The Balaban J connectivity index is 1.50. The molecule has 2 aromatic rings. The third kappa shape index (κ3) is 4.86. The van der Waals surface area contributed by atoms with Gasteiger partial charge in [-0.1, -0.05) is 0 Å². The summed E-state index contributed by atoms with van der Waals surface area (Å²) in [6.07, 6.45) is -4.35. The van der Waals surface area contributed by atoms with E-state index in [-0.39, 0.29) is 33.7 Å². The average Bonchev–Trinajstić information content (AvgIpc) is 3.22. The molecule has 180 valence electrons. The molecule has 0 saturated carbocycles. The van der Waals surface area contributed by atoms with Crippen LogP contribution in [0.5, 0.6) is 0 Å². The zero-order chi connectivity index (χ0) is 23.8. The first kappa shape index (κ1) is 23.6. The Morgan fingerprint density at radius 1 is 1.27 bits per heavy atom. The number of hydrogen-bond donors (Lipinski definition) is 1. The number of rotatable bonds is 3. The Kier molecular flexibility index (Phi) is 6.66. The van der Waals surface area contributed by atoms with Gasteiger partial charge >= 0.3 is 12.3 Å². The highest BCUT2D eigenvalue weighted by atomic mass is 32.1. The van der Waals surface area contributed by atoms with Crippen molar-refractivity contribution in [1.29, 1.82) is 0 Å². The van der Waals surface area contributed by atoms with Crippen LogP contribution >= 0.6 is 11.3 Å². The Labute approximate surface area is 192 Å². The molecule has 12 heteroatoms. The summed E-state index contributed by atoms with van der Waals surface area (Å²) < 4.78 is 52.2. The van der Waals surface area contributed by atoms with E-state index in [4.69, 9.17) is 9.47 Å². The van der Waals surface area contributed by atoms with Crippen molar-refractivity contribution in [2.45, 2.75) is 38.1 Å². The standard InChI is InChI=1S/C21H25F3N4O4S/c1-12-10-31-8-7-28(12)20(30)32-13-3-5-27(6-4-13)16-9-15(21(22,23)24)18-17(26-16)14(11-33-18)19(29)25-2/h9,11-13H,3-8,10H2,1-2H3,(H,25,29)/t12-/m0/s1. The number of hydrogen-bond acceptors (Lipinski definition) is 7. The highest BCUT2D eigenvalue weighted by Crippen LogP contribution is 2.40. The van der Waals surface area contributed by atoms with E-state index in [2.05, 4.69) is 10.3 Å². The van der Waals surface area contributed by atoms with Gasteiger partial charge in [0.2, 0.25) is 0 Å². The maximum absolute atomic E-state index is 13.8. The fourth-order valence-electron chi connectivity index (χ4n) is 4.07. The van der Waals surface area contributed by atoms with Crippen molar-refractivity contribution in [3.05, 3.63) is 22.6 Å². The number of ether oxygens (including phenoxy) is 2. The minimum Gasteiger partial charge on any atom is -0.446 e. The number of halogens is 3. The lowest BCUT2D eigenvalue weighted by molar-refractivity contribution is -0.136. The van der Waals surface area contributed by atoms with Gasteiger partial charge < -0.3 is 24.6 Å². The Hall–Kier alpha value is -2.60. The van der Waals surface area contributed by atoms with Crippen LogP contribution in [0.4, 0.5) is 23.8 Å². The number of pyridine rings is 1. The van der Waals surface area contributed by atoms with E-state index < -0.39 is 23.7 Å². The minimum atomic E-state index is -4.58. The number of carbonyl (C=O) groups excluding carboxylic acids is 2. The summed E-state index contributed by atoms with van der Waals surface area (Å²) in [5.41, 5.74) is -0.648. The molecule has 0 aliphatic carbocycles. The average molecular weight is 487 g/mol. The molecule has 2 amide bonds. The van der Waals surface area contributed by atoms with Gasteiger partial charge in [0.1, 0.15) is 11.9 Å². The number of aromatic nitrogens is 1. The number of piperidine rings is 1. The first-order valence-corrected chi connectivity index (χ1v) is 11.6. The summed E-state index contributed by atoms with van der Waals surface area (Å²) in [6.45, 7) is 4.05. The van der Waals surface area contributed by atoms with E-state index in [9.17, 15) is 22.8 Å². The molecule has 4 heterocycles. The van der Waals surface area contributed by atoms with E-state index in [0.29, 0.717) is 45.7 Å². The lowest BCUT2D eigenvalue weighted by Gasteiger charge is -2.36. The Morgan fingerprint density at radius 2 is 2.00 bits per heavy atom. The lowest BCUT2D eigenvalue weighted by Crippen LogP contribution is -2.49. The summed E-state index contributed by atoms with van der Waals surface area (Å²) in [7, 11) is 1.42. The molecule has 0 bridgehead atoms. The first-order valence-electron chi connectivity index (χ1n) is 10.7. The predicted octanol–water partition coefficient (Wildman–Crippen LogP) is 3.50. The van der Waals surface area contributed by atoms with Crippen LogP contribution in [-0.4, -0.2) is 73.9 Å². The van der Waals surface area contributed by atoms with Gasteiger partial charge in [0, 0.05) is 44.9 Å². The highest BCUT2D eigenvalue weighted by molar-refractivity contribution is 7.17. The predicted molar refractivity (Wildman–Crippen MR) is 117 cm³/mol. The van der Waals surface area contributed by atoms with Gasteiger partial charge in [-0.3, -0.25) is 4.79 Å². The minimum absolute atomic E-state index is 0.0408. The normalized spacial score (nSPS) is 20.2. The van der Waals surface area contributed by atoms with Gasteiger partial charge in [0.25, 0.3) is 5.91 Å². The topological polar surface area (TPSA) is 84.0 Å². The zero-order valence-corrected chi connectivity index (χ0v) is 19.1. The molecule has 4 rings (SSSR count). The molecule has 0 radical (unpaired) electrons. The molecule has 1 N–H and O–H groups in total. The van der Waals surface area contributed by atoms with Crippen molar-refractivity contribution in [1.82, 2.24) is 15.2 Å². The van der Waals surface area contributed by atoms with Gasteiger partial charge in [-0.05, 0) is 13.0 Å². The molecule has 8 nitrogen and oxygen atoms in total. The summed E-state index contributed by atoms with van der Waals surface area (Å²) in [6, 6.07) is 0.969. The van der Waals surface area contributed by atoms with Crippen molar-refractivity contribution < 1.29 is 32.2 Å². The SMILES string of the molecule is CNC(=O)c1csc2c(C(F)(F)F)cc(N3CCC(OC(=O)N4CCOC[C@@H]4C)CC3)nc12. The molecule has 2 fully saturated rings. The van der Waals surface area contributed by atoms with E-state index in [0.717, 1.165) is 17.4 Å². The second kappa shape index (κ2) is 9.34. The Morgan fingerprint density at radius 3 is 2.64 bits per heavy atom. The number of anilines is 1. The maximum atomic E-state index is 13.8. The summed E-state index contributed by atoms with van der Waals surface area (Å²) >= 11 is 0.854. The number of amides is 2. The summed E-state index contributed by atoms with van der Waals surface area (Å²) in [5.74, 6) is -0.327. The first-order chi connectivity index (χ1) is 15.7. The number of alkyl halides is 3. The molecule has 0 spiro atoms. The van der Waals surface area contributed by atoms with Crippen molar-refractivity contribution in [2.75, 3.05) is 44.8 Å². The monoisotopic (exact) mass is 486 g/mol. The van der Waals surface area contributed by atoms with Crippen molar-refractivity contribution in [2.24, 2.45) is 0 Å². The van der Waals surface area contributed by atoms with Gasteiger partial charge in [0.05, 0.1) is 40.6 Å². The quantitative estimate of drug-likeness (QED) is 0.715. The molecule has 33 heavy (non-hydrogen) atoms. The van der Waals surface area contributed by atoms with Crippen molar-refractivity contribution in [3.63, 3.8) is 0 Å². The molecule has 2 saturated heterocycles. The van der Waals surface area contributed by atoms with Crippen LogP contribution in [0.2, 0.25) is 0 Å². The lowest BCUT2D eigenvalue weighted by atomic mass is 10.1. The fourth-order valence-corrected chi connectivity index (χ4v) is 5.10. The number of nitrogens with one attached hydrogen (secondary N) is 1. The fraction of sp³-hybridized carbons (Fsp3) is 0.571. The number of morpholine rings is 1. The van der Waals surface area contributed by atoms with Gasteiger partial charge in [0.15, 0.2) is 0 Å². The maximum Gasteiger partial charge on any atom is 0.417 e. The van der Waals surface area contributed by atoms with E-state index in [1.54, 1.807) is 9.80 Å². The van der Waals surface area contributed by atoms with Crippen molar-refractivity contribution >= 4 is 39.4 Å². The van der Waals surface area contributed by atoms with E-state index in [1.807, 2.05) is 6.92 Å². The van der Waals surface area contributed by atoms with Crippen LogP contribution in [0.15, 0.2) is 11.4 Å². The molecule has 0 unspecified atom stereocenters.